The van der Waals surface area contributed by atoms with Crippen molar-refractivity contribution in [2.45, 2.75) is 0 Å². The van der Waals surface area contributed by atoms with Crippen LogP contribution in [0.1, 0.15) is 0 Å². The van der Waals surface area contributed by atoms with E-state index >= 15 is 0 Å². The Hall–Kier alpha value is -3.67. The summed E-state index contributed by atoms with van der Waals surface area (Å²) in [5.41, 5.74) is 4.60. The van der Waals surface area contributed by atoms with E-state index in [0.29, 0.717) is 16.7 Å². The number of esters is 1. The Morgan fingerprint density at radius 3 is 2.89 bits per heavy atom. The first-order valence-electron chi connectivity index (χ1n) is 7.66. The van der Waals surface area contributed by atoms with Crippen LogP contribution < -0.4 is 5.43 Å². The second kappa shape index (κ2) is 6.25. The van der Waals surface area contributed by atoms with Crippen molar-refractivity contribution in [3.05, 3.63) is 36.0 Å². The van der Waals surface area contributed by atoms with E-state index in [-0.39, 0.29) is 16.6 Å². The van der Waals surface area contributed by atoms with Crippen LogP contribution in [0.5, 0.6) is 0 Å². The maximum Gasteiger partial charge on any atom is 0.332 e. The molecule has 1 N–H and O–H groups in total. The molecule has 0 spiro atoms. The zero-order valence-corrected chi connectivity index (χ0v) is 15.0. The third kappa shape index (κ3) is 2.62. The van der Waals surface area contributed by atoms with Gasteiger partial charge in [-0.25, -0.2) is 14.8 Å². The summed E-state index contributed by atoms with van der Waals surface area (Å²) >= 11 is 5.29. The van der Waals surface area contributed by atoms with Crippen molar-refractivity contribution in [2.24, 2.45) is 0 Å². The molecule has 0 unspecified atom stereocenters. The third-order valence-electron chi connectivity index (χ3n) is 3.94. The molecule has 0 radical (unpaired) electrons. The van der Waals surface area contributed by atoms with Crippen LogP contribution in [0, 0.1) is 0 Å². The zero-order chi connectivity index (χ0) is 19.1. The summed E-state index contributed by atoms with van der Waals surface area (Å²) in [6, 6.07) is 7.30. The molecule has 0 bridgehead atoms. The normalized spacial score (nSPS) is 16.0. The van der Waals surface area contributed by atoms with Crippen LogP contribution in [0.4, 0.5) is 5.82 Å². The van der Waals surface area contributed by atoms with Gasteiger partial charge >= 0.3 is 5.97 Å². The Labute approximate surface area is 157 Å². The lowest BCUT2D eigenvalue weighted by atomic mass is 10.3. The van der Waals surface area contributed by atoms with Crippen molar-refractivity contribution < 1.29 is 14.3 Å². The highest BCUT2D eigenvalue weighted by molar-refractivity contribution is 7.80. The quantitative estimate of drug-likeness (QED) is 0.379. The number of para-hydroxylation sites is 2. The van der Waals surface area contributed by atoms with Gasteiger partial charge < -0.3 is 4.74 Å². The van der Waals surface area contributed by atoms with Crippen LogP contribution in [-0.2, 0) is 14.3 Å². The number of tetrazole rings is 1. The Morgan fingerprint density at radius 2 is 2.11 bits per heavy atom. The van der Waals surface area contributed by atoms with E-state index < -0.39 is 11.9 Å². The van der Waals surface area contributed by atoms with Crippen LogP contribution in [0.15, 0.2) is 36.0 Å². The fourth-order valence-electron chi connectivity index (χ4n) is 2.60. The Balaban J connectivity index is 1.83. The van der Waals surface area contributed by atoms with Crippen molar-refractivity contribution >= 4 is 51.7 Å². The molecule has 3 aromatic rings. The number of likely N-dealkylation sites (N-methyl/N-ethyl adjacent to an activating group) is 1. The van der Waals surface area contributed by atoms with Gasteiger partial charge in [-0.2, -0.15) is 4.52 Å². The van der Waals surface area contributed by atoms with E-state index in [0.717, 1.165) is 6.08 Å². The molecule has 1 saturated heterocycles. The molecule has 0 atom stereocenters. The molecular formula is C15H12N8O3S. The summed E-state index contributed by atoms with van der Waals surface area (Å²) in [6.45, 7) is 0. The van der Waals surface area contributed by atoms with Crippen molar-refractivity contribution in [2.75, 3.05) is 19.6 Å². The number of anilines is 1. The van der Waals surface area contributed by atoms with Crippen molar-refractivity contribution in [3.8, 4) is 0 Å². The zero-order valence-electron chi connectivity index (χ0n) is 14.2. The van der Waals surface area contributed by atoms with Crippen molar-refractivity contribution in [3.63, 3.8) is 0 Å². The fraction of sp³-hybridized carbons (Fsp3) is 0.133. The van der Waals surface area contributed by atoms with Crippen molar-refractivity contribution in [1.82, 2.24) is 34.9 Å². The number of thiocarbonyl (C=S) groups is 1. The molecular weight excluding hydrogens is 372 g/mol. The van der Waals surface area contributed by atoms with E-state index in [2.05, 4.69) is 30.7 Å². The van der Waals surface area contributed by atoms with E-state index in [1.807, 2.05) is 18.2 Å². The maximum absolute atomic E-state index is 12.4. The molecule has 1 aromatic carbocycles. The number of fused-ring (bicyclic) bond motifs is 3. The minimum absolute atomic E-state index is 0.00469. The average Bonchev–Trinajstić information content (AvgIpc) is 3.25. The van der Waals surface area contributed by atoms with Gasteiger partial charge in [0.1, 0.15) is 5.70 Å². The van der Waals surface area contributed by atoms with Gasteiger partial charge in [-0.15, -0.1) is 5.10 Å². The van der Waals surface area contributed by atoms with E-state index in [9.17, 15) is 9.59 Å². The number of hydrogen-bond acceptors (Lipinski definition) is 9. The first-order chi connectivity index (χ1) is 13.0. The SMILES string of the molecule is COC(=O)/C=C1/C(=O)N(C)C(=S)N1Nc1nc2ccccc2n2nnnc12. The summed E-state index contributed by atoms with van der Waals surface area (Å²) in [5.74, 6) is -0.891. The number of nitrogens with zero attached hydrogens (tertiary/aromatic N) is 7. The molecule has 1 fully saturated rings. The van der Waals surface area contributed by atoms with E-state index in [4.69, 9.17) is 12.2 Å². The number of carbonyl (C=O) groups excluding carboxylic acids is 2. The smallest absolute Gasteiger partial charge is 0.332 e. The largest absolute Gasteiger partial charge is 0.466 e. The maximum atomic E-state index is 12.4. The number of benzene rings is 1. The predicted molar refractivity (Wildman–Crippen MR) is 97.0 cm³/mol. The molecule has 4 rings (SSSR count). The van der Waals surface area contributed by atoms with Crippen LogP contribution >= 0.6 is 12.2 Å². The lowest BCUT2D eigenvalue weighted by molar-refractivity contribution is -0.135. The van der Waals surface area contributed by atoms with Crippen LogP contribution in [0.3, 0.4) is 0 Å². The number of ether oxygens (including phenoxy) is 1. The number of nitrogens with one attached hydrogen (secondary N) is 1. The standard InChI is InChI=1S/C15H12N8O3S/c1-21-14(25)10(7-11(24)26-2)23(15(21)27)18-12-13-17-19-20-22(13)9-6-4-3-5-8(9)16-12/h3-7H,1-2H3,(H,16,18)/b10-7-. The van der Waals surface area contributed by atoms with Gasteiger partial charge in [0, 0.05) is 7.05 Å². The monoisotopic (exact) mass is 384 g/mol. The average molecular weight is 384 g/mol. The van der Waals surface area contributed by atoms with Crippen LogP contribution in [0.25, 0.3) is 16.7 Å². The van der Waals surface area contributed by atoms with Crippen molar-refractivity contribution in [1.29, 1.82) is 0 Å². The molecule has 2 aromatic heterocycles. The third-order valence-corrected chi connectivity index (χ3v) is 4.40. The lowest BCUT2D eigenvalue weighted by Crippen LogP contribution is -2.34. The number of carbonyl (C=O) groups is 2. The Morgan fingerprint density at radius 1 is 1.33 bits per heavy atom. The number of hydrogen-bond donors (Lipinski definition) is 1. The molecule has 0 saturated carbocycles. The summed E-state index contributed by atoms with van der Waals surface area (Å²) in [4.78, 5) is 29.8. The lowest BCUT2D eigenvalue weighted by Gasteiger charge is -2.20. The van der Waals surface area contributed by atoms with Crippen LogP contribution in [0.2, 0.25) is 0 Å². The van der Waals surface area contributed by atoms with Gasteiger partial charge in [-0.05, 0) is 34.8 Å². The minimum Gasteiger partial charge on any atom is -0.466 e. The number of amides is 1. The number of rotatable bonds is 3. The number of aromatic nitrogens is 5. The number of hydrazine groups is 1. The molecule has 27 heavy (non-hydrogen) atoms. The molecule has 1 amide bonds. The molecule has 1 aliphatic rings. The molecule has 12 heteroatoms. The van der Waals surface area contributed by atoms with Gasteiger partial charge in [-0.3, -0.25) is 15.1 Å². The van der Waals surface area contributed by atoms with E-state index in [1.54, 1.807) is 6.07 Å². The topological polar surface area (TPSA) is 118 Å². The van der Waals surface area contributed by atoms with Gasteiger partial charge in [0.05, 0.1) is 24.2 Å². The molecule has 1 aliphatic heterocycles. The summed E-state index contributed by atoms with van der Waals surface area (Å²) in [6.07, 6.45) is 1.05. The highest BCUT2D eigenvalue weighted by Gasteiger charge is 2.37. The van der Waals surface area contributed by atoms with Gasteiger partial charge in [0.2, 0.25) is 10.8 Å². The van der Waals surface area contributed by atoms with Gasteiger partial charge in [-0.1, -0.05) is 12.1 Å². The number of methoxy groups -OCH3 is 1. The molecule has 11 nitrogen and oxygen atoms in total. The van der Waals surface area contributed by atoms with E-state index in [1.165, 1.54) is 28.6 Å². The Kier molecular flexibility index (Phi) is 3.88. The predicted octanol–water partition coefficient (Wildman–Crippen LogP) is 0.115. The van der Waals surface area contributed by atoms with Crippen LogP contribution in [-0.4, -0.2) is 66.1 Å². The molecule has 0 aliphatic carbocycles. The second-order valence-corrected chi connectivity index (χ2v) is 5.88. The minimum atomic E-state index is -0.691. The summed E-state index contributed by atoms with van der Waals surface area (Å²) < 4.78 is 6.12. The molecule has 136 valence electrons. The van der Waals surface area contributed by atoms with Gasteiger partial charge in [0.25, 0.3) is 5.91 Å². The highest BCUT2D eigenvalue weighted by atomic mass is 32.1. The first-order valence-corrected chi connectivity index (χ1v) is 8.07. The molecule has 3 heterocycles. The first kappa shape index (κ1) is 16.8. The van der Waals surface area contributed by atoms with Gasteiger partial charge in [0.15, 0.2) is 5.82 Å². The second-order valence-electron chi connectivity index (χ2n) is 5.51. The fourth-order valence-corrected chi connectivity index (χ4v) is 2.83. The Bertz CT molecular complexity index is 1140. The summed E-state index contributed by atoms with van der Waals surface area (Å²) in [7, 11) is 2.72. The summed E-state index contributed by atoms with van der Waals surface area (Å²) in [5, 5.41) is 13.0. The highest BCUT2D eigenvalue weighted by Crippen LogP contribution is 2.24.